The van der Waals surface area contributed by atoms with E-state index < -0.39 is 0 Å². The summed E-state index contributed by atoms with van der Waals surface area (Å²) in [5.41, 5.74) is 8.09. The van der Waals surface area contributed by atoms with E-state index in [1.807, 2.05) is 0 Å². The van der Waals surface area contributed by atoms with Crippen LogP contribution in [0.15, 0.2) is 24.3 Å². The highest BCUT2D eigenvalue weighted by Gasteiger charge is 2.00. The van der Waals surface area contributed by atoms with E-state index in [0.29, 0.717) is 4.99 Å². The van der Waals surface area contributed by atoms with Crippen molar-refractivity contribution < 1.29 is 0 Å². The number of rotatable bonds is 6. The zero-order valence-electron chi connectivity index (χ0n) is 10.1. The van der Waals surface area contributed by atoms with Crippen LogP contribution < -0.4 is 10.6 Å². The number of hydrogen-bond acceptors (Lipinski definition) is 2. The van der Waals surface area contributed by atoms with Gasteiger partial charge < -0.3 is 10.6 Å². The molecule has 0 aromatic heterocycles. The lowest BCUT2D eigenvalue weighted by Crippen LogP contribution is -2.20. The summed E-state index contributed by atoms with van der Waals surface area (Å²) in [6, 6.07) is 8.69. The van der Waals surface area contributed by atoms with Crippen LogP contribution in [-0.2, 0) is 6.42 Å². The van der Waals surface area contributed by atoms with Crippen LogP contribution in [0.3, 0.4) is 0 Å². The Morgan fingerprint density at radius 1 is 1.31 bits per heavy atom. The minimum Gasteiger partial charge on any atom is -0.393 e. The number of aryl methyl sites for hydroxylation is 1. The minimum absolute atomic E-state index is 0.606. The lowest BCUT2D eigenvalue weighted by Gasteiger charge is -2.19. The van der Waals surface area contributed by atoms with Crippen molar-refractivity contribution in [1.82, 2.24) is 0 Å². The molecule has 0 atom stereocenters. The predicted molar refractivity (Wildman–Crippen MR) is 75.1 cm³/mol. The summed E-state index contributed by atoms with van der Waals surface area (Å²) < 4.78 is 0. The molecule has 2 nitrogen and oxygen atoms in total. The van der Waals surface area contributed by atoms with E-state index in [4.69, 9.17) is 18.0 Å². The van der Waals surface area contributed by atoms with Gasteiger partial charge in [0.15, 0.2) is 0 Å². The first-order valence-electron chi connectivity index (χ1n) is 5.72. The maximum Gasteiger partial charge on any atom is 0.0728 e. The zero-order valence-corrected chi connectivity index (χ0v) is 10.9. The second kappa shape index (κ2) is 6.48. The maximum atomic E-state index is 5.47. The molecule has 0 aliphatic rings. The molecule has 1 aromatic carbocycles. The van der Waals surface area contributed by atoms with E-state index in [0.717, 1.165) is 25.8 Å². The Bertz CT molecular complexity index is 332. The Kier molecular flexibility index (Phi) is 5.26. The summed E-state index contributed by atoms with van der Waals surface area (Å²) in [4.78, 5) is 2.84. The molecular weight excluding hydrogens is 216 g/mol. The summed E-state index contributed by atoms with van der Waals surface area (Å²) in [6.07, 6.45) is 2.93. The van der Waals surface area contributed by atoms with Gasteiger partial charge >= 0.3 is 0 Å². The molecule has 88 valence electrons. The molecule has 0 radical (unpaired) electrons. The van der Waals surface area contributed by atoms with Crippen molar-refractivity contribution in [2.75, 3.05) is 18.5 Å². The van der Waals surface area contributed by atoms with Crippen LogP contribution in [0, 0.1) is 0 Å². The standard InChI is InChI=1S/C13H20N2S/c1-3-11-6-8-12(9-7-11)15(2)10-4-5-13(14)16/h6-9H,3-5,10H2,1-2H3,(H2,14,16). The molecule has 0 spiro atoms. The van der Waals surface area contributed by atoms with Gasteiger partial charge in [0.25, 0.3) is 0 Å². The van der Waals surface area contributed by atoms with Gasteiger partial charge in [-0.25, -0.2) is 0 Å². The second-order valence-corrected chi connectivity index (χ2v) is 4.54. The fraction of sp³-hybridized carbons (Fsp3) is 0.462. The lowest BCUT2D eigenvalue weighted by atomic mass is 10.1. The minimum atomic E-state index is 0.606. The summed E-state index contributed by atoms with van der Waals surface area (Å²) in [7, 11) is 2.10. The number of hydrogen-bond donors (Lipinski definition) is 1. The Hall–Kier alpha value is -1.09. The Morgan fingerprint density at radius 3 is 2.44 bits per heavy atom. The van der Waals surface area contributed by atoms with Crippen molar-refractivity contribution in [2.24, 2.45) is 5.73 Å². The fourth-order valence-corrected chi connectivity index (χ4v) is 1.75. The van der Waals surface area contributed by atoms with E-state index in [2.05, 4.69) is 43.1 Å². The molecule has 0 unspecified atom stereocenters. The van der Waals surface area contributed by atoms with Crippen LogP contribution in [0.5, 0.6) is 0 Å². The molecule has 1 aromatic rings. The Balaban J connectivity index is 2.45. The van der Waals surface area contributed by atoms with Gasteiger partial charge in [0.2, 0.25) is 0 Å². The number of thiocarbonyl (C=S) groups is 1. The smallest absolute Gasteiger partial charge is 0.0728 e. The molecule has 16 heavy (non-hydrogen) atoms. The average molecular weight is 236 g/mol. The highest BCUT2D eigenvalue weighted by Crippen LogP contribution is 2.14. The molecule has 0 saturated carbocycles. The Morgan fingerprint density at radius 2 is 1.94 bits per heavy atom. The molecule has 2 N–H and O–H groups in total. The van der Waals surface area contributed by atoms with Gasteiger partial charge in [0.05, 0.1) is 4.99 Å². The highest BCUT2D eigenvalue weighted by molar-refractivity contribution is 7.80. The topological polar surface area (TPSA) is 29.3 Å². The first-order valence-corrected chi connectivity index (χ1v) is 6.12. The normalized spacial score (nSPS) is 10.1. The third-order valence-corrected chi connectivity index (χ3v) is 2.91. The molecule has 0 saturated heterocycles. The molecule has 0 fully saturated rings. The molecular formula is C13H20N2S. The summed E-state index contributed by atoms with van der Waals surface area (Å²) >= 11 is 4.86. The van der Waals surface area contributed by atoms with Crippen molar-refractivity contribution in [2.45, 2.75) is 26.2 Å². The monoisotopic (exact) mass is 236 g/mol. The first kappa shape index (κ1) is 13.0. The van der Waals surface area contributed by atoms with Crippen LogP contribution in [0.4, 0.5) is 5.69 Å². The third kappa shape index (κ3) is 4.19. The molecule has 0 aliphatic carbocycles. The van der Waals surface area contributed by atoms with Crippen LogP contribution in [0.1, 0.15) is 25.3 Å². The van der Waals surface area contributed by atoms with E-state index in [9.17, 15) is 0 Å². The largest absolute Gasteiger partial charge is 0.393 e. The lowest BCUT2D eigenvalue weighted by molar-refractivity contribution is 0.818. The van der Waals surface area contributed by atoms with Gasteiger partial charge in [0, 0.05) is 19.3 Å². The predicted octanol–water partition coefficient (Wildman–Crippen LogP) is 2.75. The fourth-order valence-electron chi connectivity index (χ4n) is 1.61. The van der Waals surface area contributed by atoms with Crippen LogP contribution >= 0.6 is 12.2 Å². The quantitative estimate of drug-likeness (QED) is 0.770. The average Bonchev–Trinajstić information content (AvgIpc) is 2.28. The van der Waals surface area contributed by atoms with E-state index in [1.54, 1.807) is 0 Å². The molecule has 0 heterocycles. The number of benzene rings is 1. The molecule has 0 bridgehead atoms. The second-order valence-electron chi connectivity index (χ2n) is 4.01. The zero-order chi connectivity index (χ0) is 12.0. The number of nitrogens with two attached hydrogens (primary N) is 1. The molecule has 1 rings (SSSR count). The van der Waals surface area contributed by atoms with Gasteiger partial charge in [-0.1, -0.05) is 31.3 Å². The van der Waals surface area contributed by atoms with Gasteiger partial charge in [-0.2, -0.15) is 0 Å². The number of anilines is 1. The SMILES string of the molecule is CCc1ccc(N(C)CCCC(N)=S)cc1. The van der Waals surface area contributed by atoms with Crippen molar-refractivity contribution in [3.63, 3.8) is 0 Å². The number of nitrogens with zero attached hydrogens (tertiary/aromatic N) is 1. The van der Waals surface area contributed by atoms with Crippen molar-refractivity contribution in [3.05, 3.63) is 29.8 Å². The van der Waals surface area contributed by atoms with E-state index in [1.165, 1.54) is 11.3 Å². The van der Waals surface area contributed by atoms with Crippen LogP contribution in [0.25, 0.3) is 0 Å². The maximum absolute atomic E-state index is 5.47. The first-order chi connectivity index (χ1) is 7.63. The van der Waals surface area contributed by atoms with Crippen LogP contribution in [0.2, 0.25) is 0 Å². The molecule has 0 amide bonds. The van der Waals surface area contributed by atoms with Gasteiger partial charge in [0.1, 0.15) is 0 Å². The van der Waals surface area contributed by atoms with E-state index in [-0.39, 0.29) is 0 Å². The van der Waals surface area contributed by atoms with Gasteiger partial charge in [-0.05, 0) is 37.0 Å². The summed E-state index contributed by atoms with van der Waals surface area (Å²) in [5.74, 6) is 0. The Labute approximate surface area is 103 Å². The van der Waals surface area contributed by atoms with Crippen molar-refractivity contribution in [1.29, 1.82) is 0 Å². The highest BCUT2D eigenvalue weighted by atomic mass is 32.1. The van der Waals surface area contributed by atoms with Gasteiger partial charge in [-0.3, -0.25) is 0 Å². The summed E-state index contributed by atoms with van der Waals surface area (Å²) in [5, 5.41) is 0. The van der Waals surface area contributed by atoms with Crippen LogP contribution in [-0.4, -0.2) is 18.6 Å². The summed E-state index contributed by atoms with van der Waals surface area (Å²) in [6.45, 7) is 3.16. The van der Waals surface area contributed by atoms with Gasteiger partial charge in [-0.15, -0.1) is 0 Å². The molecule has 3 heteroatoms. The van der Waals surface area contributed by atoms with E-state index >= 15 is 0 Å². The molecule has 0 aliphatic heterocycles. The van der Waals surface area contributed by atoms with Crippen molar-refractivity contribution in [3.8, 4) is 0 Å². The third-order valence-electron chi connectivity index (χ3n) is 2.70. The van der Waals surface area contributed by atoms with Crippen molar-refractivity contribution >= 4 is 22.9 Å².